The van der Waals surface area contributed by atoms with Crippen LogP contribution in [-0.2, 0) is 10.2 Å². The molecule has 0 bridgehead atoms. The quantitative estimate of drug-likeness (QED) is 0.356. The molecule has 0 radical (unpaired) electrons. The van der Waals surface area contributed by atoms with Crippen LogP contribution < -0.4 is 14.4 Å². The second kappa shape index (κ2) is 9.43. The van der Waals surface area contributed by atoms with Crippen LogP contribution in [0, 0.1) is 6.92 Å². The molecule has 0 spiro atoms. The molecule has 0 N–H and O–H groups in total. The number of anilines is 1. The van der Waals surface area contributed by atoms with Gasteiger partial charge in [0.25, 0.3) is 5.91 Å². The Morgan fingerprint density at radius 1 is 0.943 bits per heavy atom. The zero-order chi connectivity index (χ0) is 25.4. The summed E-state index contributed by atoms with van der Waals surface area (Å²) in [5.41, 5.74) is 4.61. The number of halogens is 1. The molecule has 1 aliphatic rings. The Balaban J connectivity index is 1.75. The molecule has 0 saturated heterocycles. The fraction of sp³-hybridized carbons (Fsp3) is 0.300. The number of fused-ring (bicyclic) bond motifs is 1. The van der Waals surface area contributed by atoms with Crippen molar-refractivity contribution in [1.29, 1.82) is 0 Å². The van der Waals surface area contributed by atoms with E-state index in [0.717, 1.165) is 28.8 Å². The van der Waals surface area contributed by atoms with Crippen molar-refractivity contribution >= 4 is 29.3 Å². The van der Waals surface area contributed by atoms with Crippen LogP contribution >= 0.6 is 11.6 Å². The molecule has 1 heterocycles. The van der Waals surface area contributed by atoms with Crippen molar-refractivity contribution in [3.05, 3.63) is 94.0 Å². The highest BCUT2D eigenvalue weighted by Gasteiger charge is 2.47. The smallest absolute Gasteiger partial charge is 0.251 e. The van der Waals surface area contributed by atoms with Gasteiger partial charge in [0.1, 0.15) is 0 Å². The summed E-state index contributed by atoms with van der Waals surface area (Å²) in [5.74, 6) is 1.21. The fourth-order valence-electron chi connectivity index (χ4n) is 5.34. The normalized spacial score (nSPS) is 18.9. The van der Waals surface area contributed by atoms with E-state index in [-0.39, 0.29) is 11.3 Å². The molecule has 4 nitrogen and oxygen atoms in total. The van der Waals surface area contributed by atoms with E-state index in [0.29, 0.717) is 16.5 Å². The van der Waals surface area contributed by atoms with Gasteiger partial charge in [-0.05, 0) is 80.3 Å². The van der Waals surface area contributed by atoms with Crippen molar-refractivity contribution < 1.29 is 14.3 Å². The van der Waals surface area contributed by atoms with E-state index in [2.05, 4.69) is 58.0 Å². The summed E-state index contributed by atoms with van der Waals surface area (Å²) in [7, 11) is 3.20. The van der Waals surface area contributed by atoms with Gasteiger partial charge in [-0.15, -0.1) is 0 Å². The van der Waals surface area contributed by atoms with Crippen LogP contribution in [0.1, 0.15) is 49.4 Å². The van der Waals surface area contributed by atoms with Gasteiger partial charge in [0, 0.05) is 27.7 Å². The molecule has 5 heteroatoms. The van der Waals surface area contributed by atoms with Crippen LogP contribution in [0.15, 0.2) is 66.7 Å². The number of nitrogens with zero attached hydrogens (tertiary/aromatic N) is 1. The monoisotopic (exact) mass is 489 g/mol. The van der Waals surface area contributed by atoms with Crippen LogP contribution in [0.5, 0.6) is 11.5 Å². The third-order valence-electron chi connectivity index (χ3n) is 6.91. The van der Waals surface area contributed by atoms with Gasteiger partial charge in [-0.25, -0.2) is 0 Å². The summed E-state index contributed by atoms with van der Waals surface area (Å²) in [5, 5.41) is 0.717. The van der Waals surface area contributed by atoms with Gasteiger partial charge in [0.15, 0.2) is 11.5 Å². The van der Waals surface area contributed by atoms with Crippen molar-refractivity contribution in [2.75, 3.05) is 19.1 Å². The van der Waals surface area contributed by atoms with E-state index >= 15 is 0 Å². The fourth-order valence-corrected chi connectivity index (χ4v) is 5.47. The second-order valence-corrected chi connectivity index (χ2v) is 10.4. The highest BCUT2D eigenvalue weighted by Crippen LogP contribution is 2.50. The predicted octanol–water partition coefficient (Wildman–Crippen LogP) is 7.20. The predicted molar refractivity (Wildman–Crippen MR) is 144 cm³/mol. The SMILES string of the molecule is COc1ccc(/C=C/C(=O)N2c3ccc(C)cc3[C@@](C)(c3ccc(Cl)cc3)CC2(C)C)cc1OC. The van der Waals surface area contributed by atoms with Gasteiger partial charge in [-0.2, -0.15) is 0 Å². The minimum absolute atomic E-state index is 0.0620. The minimum Gasteiger partial charge on any atom is -0.493 e. The van der Waals surface area contributed by atoms with Crippen molar-refractivity contribution in [3.8, 4) is 11.5 Å². The van der Waals surface area contributed by atoms with E-state index in [1.807, 2.05) is 41.3 Å². The minimum atomic E-state index is -0.421. The lowest BCUT2D eigenvalue weighted by Crippen LogP contribution is -2.55. The Kier molecular flexibility index (Phi) is 6.70. The van der Waals surface area contributed by atoms with Gasteiger partial charge < -0.3 is 14.4 Å². The van der Waals surface area contributed by atoms with E-state index in [9.17, 15) is 4.79 Å². The van der Waals surface area contributed by atoms with Crippen LogP contribution in [0.4, 0.5) is 5.69 Å². The number of hydrogen-bond donors (Lipinski definition) is 0. The van der Waals surface area contributed by atoms with E-state index in [1.54, 1.807) is 20.3 Å². The summed E-state index contributed by atoms with van der Waals surface area (Å²) in [6, 6.07) is 20.0. The number of carbonyl (C=O) groups is 1. The standard InChI is InChI=1S/C30H32ClNO3/c1-20-7-14-25-24(17-20)30(4,22-10-12-23(31)13-11-22)19-29(2,3)32(25)28(33)16-9-21-8-15-26(34-5)27(18-21)35-6/h7-18H,19H2,1-6H3/b16-9+/t30-/m1/s1. The zero-order valence-electron chi connectivity index (χ0n) is 21.2. The lowest BCUT2D eigenvalue weighted by Gasteiger charge is -2.51. The second-order valence-electron chi connectivity index (χ2n) is 9.97. The maximum atomic E-state index is 13.7. The molecule has 0 unspecified atom stereocenters. The Labute approximate surface area is 213 Å². The largest absolute Gasteiger partial charge is 0.493 e. The number of aryl methyl sites for hydroxylation is 1. The molecule has 3 aromatic carbocycles. The number of benzene rings is 3. The van der Waals surface area contributed by atoms with Crippen LogP contribution in [0.2, 0.25) is 5.02 Å². The Bertz CT molecular complexity index is 1280. The Morgan fingerprint density at radius 3 is 2.29 bits per heavy atom. The average Bonchev–Trinajstić information content (AvgIpc) is 2.82. The zero-order valence-corrected chi connectivity index (χ0v) is 21.9. The topological polar surface area (TPSA) is 38.8 Å². The number of ether oxygens (including phenoxy) is 2. The third kappa shape index (κ3) is 4.68. The summed E-state index contributed by atoms with van der Waals surface area (Å²) in [6.07, 6.45) is 4.23. The molecule has 4 rings (SSSR count). The highest BCUT2D eigenvalue weighted by atomic mass is 35.5. The molecule has 3 aromatic rings. The van der Waals surface area contributed by atoms with Crippen LogP contribution in [-0.4, -0.2) is 25.7 Å². The molecular formula is C30H32ClNO3. The van der Waals surface area contributed by atoms with E-state index in [4.69, 9.17) is 21.1 Å². The van der Waals surface area contributed by atoms with Gasteiger partial charge in [0.2, 0.25) is 0 Å². The molecular weight excluding hydrogens is 458 g/mol. The maximum absolute atomic E-state index is 13.7. The van der Waals surface area contributed by atoms with Crippen molar-refractivity contribution in [1.82, 2.24) is 0 Å². The van der Waals surface area contributed by atoms with E-state index < -0.39 is 5.54 Å². The first-order chi connectivity index (χ1) is 16.6. The maximum Gasteiger partial charge on any atom is 0.251 e. The molecule has 0 aliphatic carbocycles. The van der Waals surface area contributed by atoms with Crippen molar-refractivity contribution in [2.45, 2.75) is 45.1 Å². The number of carbonyl (C=O) groups excluding carboxylic acids is 1. The third-order valence-corrected chi connectivity index (χ3v) is 7.16. The van der Waals surface area contributed by atoms with E-state index in [1.165, 1.54) is 5.56 Å². The van der Waals surface area contributed by atoms with Crippen molar-refractivity contribution in [3.63, 3.8) is 0 Å². The molecule has 0 aromatic heterocycles. The highest BCUT2D eigenvalue weighted by molar-refractivity contribution is 6.30. The summed E-state index contributed by atoms with van der Waals surface area (Å²) in [6.45, 7) is 8.61. The van der Waals surface area contributed by atoms with Crippen LogP contribution in [0.25, 0.3) is 6.08 Å². The molecule has 1 aliphatic heterocycles. The lowest BCUT2D eigenvalue weighted by atomic mass is 9.65. The van der Waals surface area contributed by atoms with Gasteiger partial charge >= 0.3 is 0 Å². The summed E-state index contributed by atoms with van der Waals surface area (Å²) < 4.78 is 10.7. The van der Waals surface area contributed by atoms with Crippen LogP contribution in [0.3, 0.4) is 0 Å². The number of methoxy groups -OCH3 is 2. The first-order valence-electron chi connectivity index (χ1n) is 11.7. The van der Waals surface area contributed by atoms with Crippen molar-refractivity contribution in [2.24, 2.45) is 0 Å². The summed E-state index contributed by atoms with van der Waals surface area (Å²) in [4.78, 5) is 15.6. The van der Waals surface area contributed by atoms with Gasteiger partial charge in [-0.1, -0.05) is 54.4 Å². The number of rotatable bonds is 5. The number of hydrogen-bond acceptors (Lipinski definition) is 3. The Morgan fingerprint density at radius 2 is 1.63 bits per heavy atom. The van der Waals surface area contributed by atoms with Gasteiger partial charge in [-0.3, -0.25) is 4.79 Å². The number of amides is 1. The lowest BCUT2D eigenvalue weighted by molar-refractivity contribution is -0.115. The first kappa shape index (κ1) is 24.9. The molecule has 182 valence electrons. The Hall–Kier alpha value is -3.24. The van der Waals surface area contributed by atoms with Gasteiger partial charge in [0.05, 0.1) is 14.2 Å². The molecule has 0 saturated carbocycles. The molecule has 0 fully saturated rings. The summed E-state index contributed by atoms with van der Waals surface area (Å²) >= 11 is 6.19. The average molecular weight is 490 g/mol. The molecule has 1 atom stereocenters. The first-order valence-corrected chi connectivity index (χ1v) is 12.1. The molecule has 1 amide bonds. The molecule has 35 heavy (non-hydrogen) atoms.